The van der Waals surface area contributed by atoms with E-state index in [9.17, 15) is 0 Å². The molecule has 0 fully saturated rings. The molecule has 5 heteroatoms. The van der Waals surface area contributed by atoms with E-state index < -0.39 is 5.41 Å². The highest BCUT2D eigenvalue weighted by Crippen LogP contribution is 2.59. The first-order valence-corrected chi connectivity index (χ1v) is 19.7. The van der Waals surface area contributed by atoms with Gasteiger partial charge in [-0.25, -0.2) is 9.97 Å². The van der Waals surface area contributed by atoms with Gasteiger partial charge in [-0.3, -0.25) is 9.13 Å². The zero-order chi connectivity index (χ0) is 38.0. The van der Waals surface area contributed by atoms with E-state index >= 15 is 0 Å². The van der Waals surface area contributed by atoms with Gasteiger partial charge in [0.1, 0.15) is 22.8 Å². The second-order valence-electron chi connectivity index (χ2n) is 15.3. The largest absolute Gasteiger partial charge is 0.455 e. The molecule has 270 valence electrons. The molecule has 0 radical (unpaired) electrons. The van der Waals surface area contributed by atoms with Gasteiger partial charge in [0, 0.05) is 33.9 Å². The molecule has 1 aliphatic carbocycles. The van der Waals surface area contributed by atoms with Crippen LogP contribution in [0.5, 0.6) is 0 Å². The molecule has 0 aliphatic heterocycles. The maximum absolute atomic E-state index is 7.66. The van der Waals surface area contributed by atoms with Crippen LogP contribution in [0.4, 0.5) is 0 Å². The van der Waals surface area contributed by atoms with E-state index in [4.69, 9.17) is 14.4 Å². The molecule has 1 aliphatic rings. The van der Waals surface area contributed by atoms with Crippen LogP contribution in [0.3, 0.4) is 0 Å². The Morgan fingerprint density at radius 1 is 0.379 bits per heavy atom. The smallest absolute Gasteiger partial charge is 0.146 e. The first-order valence-electron chi connectivity index (χ1n) is 19.7. The van der Waals surface area contributed by atoms with Gasteiger partial charge in [0.05, 0.1) is 38.3 Å². The summed E-state index contributed by atoms with van der Waals surface area (Å²) < 4.78 is 12.3. The fraction of sp³-hybridized carbons (Fsp3) is 0.0189. The molecule has 0 spiro atoms. The minimum absolute atomic E-state index is 0.740. The lowest BCUT2D eigenvalue weighted by molar-refractivity contribution is 0.675. The molecule has 0 amide bonds. The molecular formula is C53H32N4O. The van der Waals surface area contributed by atoms with Gasteiger partial charge in [0.2, 0.25) is 0 Å². The van der Waals surface area contributed by atoms with Crippen molar-refractivity contribution in [2.24, 2.45) is 0 Å². The maximum atomic E-state index is 7.66. The maximum Gasteiger partial charge on any atom is 0.146 e. The van der Waals surface area contributed by atoms with Crippen molar-refractivity contribution in [1.82, 2.24) is 19.1 Å². The van der Waals surface area contributed by atoms with E-state index in [1.807, 2.05) is 24.5 Å². The Hall–Kier alpha value is -7.76. The van der Waals surface area contributed by atoms with Crippen LogP contribution in [0.15, 0.2) is 199 Å². The number of benzene rings is 7. The van der Waals surface area contributed by atoms with Gasteiger partial charge in [-0.05, 0) is 81.9 Å². The van der Waals surface area contributed by atoms with Crippen LogP contribution >= 0.6 is 0 Å². The Kier molecular flexibility index (Phi) is 6.31. The van der Waals surface area contributed by atoms with E-state index in [-0.39, 0.29) is 0 Å². The first kappa shape index (κ1) is 31.4. The Bertz CT molecular complexity index is 3560. The summed E-state index contributed by atoms with van der Waals surface area (Å²) >= 11 is 0. The first-order chi connectivity index (χ1) is 28.8. The van der Waals surface area contributed by atoms with Crippen LogP contribution in [0.25, 0.3) is 88.3 Å². The standard InChI is InChI=1S/C53H32N4O/c1-3-17-33(18-4-1)53(34-19-5-2-6-20-34)39-24-10-7-21-35(39)38-31-43-47(36-22-8-11-25-41(36)56(43)45-27-13-15-29-54-45)51-49(38)50-40(53)32-44-48(52(50)58-51)37-23-9-12-26-42(37)57(44)46-28-14-16-30-55-46/h1-32H. The summed E-state index contributed by atoms with van der Waals surface area (Å²) in [4.78, 5) is 9.86. The molecule has 5 aromatic heterocycles. The van der Waals surface area contributed by atoms with Gasteiger partial charge in [0.25, 0.3) is 0 Å². The van der Waals surface area contributed by atoms with Crippen molar-refractivity contribution in [3.8, 4) is 22.8 Å². The predicted octanol–water partition coefficient (Wildman–Crippen LogP) is 12.9. The van der Waals surface area contributed by atoms with Gasteiger partial charge < -0.3 is 4.42 Å². The second kappa shape index (κ2) is 11.6. The SMILES string of the molecule is c1ccc(C2(c3ccccc3)c3ccccc3-c3cc4c(c5ccccc5n4-c4ccccn4)c4oc5c(c2cc2c5c5ccccc5n2-c2ccccn2)c34)cc1. The van der Waals surface area contributed by atoms with Crippen LogP contribution in [-0.2, 0) is 5.41 Å². The summed E-state index contributed by atoms with van der Waals surface area (Å²) in [6, 6.07) is 65.5. The zero-order valence-electron chi connectivity index (χ0n) is 31.2. The number of furan rings is 1. The number of pyridine rings is 2. The summed E-state index contributed by atoms with van der Waals surface area (Å²) in [6.45, 7) is 0. The molecule has 5 heterocycles. The molecule has 0 saturated heterocycles. The molecule has 0 saturated carbocycles. The van der Waals surface area contributed by atoms with Crippen molar-refractivity contribution in [3.63, 3.8) is 0 Å². The van der Waals surface area contributed by atoms with Gasteiger partial charge in [-0.15, -0.1) is 0 Å². The fourth-order valence-corrected chi connectivity index (χ4v) is 10.3. The Morgan fingerprint density at radius 3 is 1.47 bits per heavy atom. The van der Waals surface area contributed by atoms with Gasteiger partial charge in [-0.2, -0.15) is 0 Å². The van der Waals surface area contributed by atoms with E-state index in [1.54, 1.807) is 0 Å². The van der Waals surface area contributed by atoms with E-state index in [1.165, 1.54) is 27.8 Å². The van der Waals surface area contributed by atoms with Crippen LogP contribution in [-0.4, -0.2) is 19.1 Å². The van der Waals surface area contributed by atoms with Gasteiger partial charge in [0.15, 0.2) is 0 Å². The molecule has 0 bridgehead atoms. The highest BCUT2D eigenvalue weighted by atomic mass is 16.3. The fourth-order valence-electron chi connectivity index (χ4n) is 10.3. The normalized spacial score (nSPS) is 13.3. The lowest BCUT2D eigenvalue weighted by atomic mass is 9.63. The molecule has 0 N–H and O–H groups in total. The topological polar surface area (TPSA) is 48.8 Å². The van der Waals surface area contributed by atoms with E-state index in [0.717, 1.165) is 82.7 Å². The Labute approximate surface area is 332 Å². The van der Waals surface area contributed by atoms with E-state index in [2.05, 4.69) is 179 Å². The van der Waals surface area contributed by atoms with Crippen molar-refractivity contribution >= 4 is 65.6 Å². The van der Waals surface area contributed by atoms with Crippen molar-refractivity contribution in [2.75, 3.05) is 0 Å². The van der Waals surface area contributed by atoms with Crippen molar-refractivity contribution in [1.29, 1.82) is 0 Å². The molecule has 5 nitrogen and oxygen atoms in total. The van der Waals surface area contributed by atoms with Crippen LogP contribution in [0.1, 0.15) is 22.3 Å². The van der Waals surface area contributed by atoms with Crippen LogP contribution < -0.4 is 0 Å². The second-order valence-corrected chi connectivity index (χ2v) is 15.3. The highest BCUT2D eigenvalue weighted by molar-refractivity contribution is 6.33. The van der Waals surface area contributed by atoms with Gasteiger partial charge in [-0.1, -0.05) is 133 Å². The third kappa shape index (κ3) is 3.94. The van der Waals surface area contributed by atoms with Gasteiger partial charge >= 0.3 is 0 Å². The molecule has 0 unspecified atom stereocenters. The lowest BCUT2D eigenvalue weighted by Crippen LogP contribution is -2.31. The van der Waals surface area contributed by atoms with E-state index in [0.29, 0.717) is 0 Å². The van der Waals surface area contributed by atoms with Crippen molar-refractivity contribution < 1.29 is 4.42 Å². The zero-order valence-corrected chi connectivity index (χ0v) is 31.2. The quantitative estimate of drug-likeness (QED) is 0.180. The predicted molar refractivity (Wildman–Crippen MR) is 235 cm³/mol. The molecule has 13 rings (SSSR count). The average Bonchev–Trinajstić information content (AvgIpc) is 3.94. The number of nitrogens with zero attached hydrogens (tertiary/aromatic N) is 4. The summed E-state index contributed by atoms with van der Waals surface area (Å²) in [5, 5.41) is 6.64. The number of rotatable bonds is 4. The highest BCUT2D eigenvalue weighted by Gasteiger charge is 2.45. The molecule has 12 aromatic rings. The number of aromatic nitrogens is 4. The number of para-hydroxylation sites is 2. The molecular weight excluding hydrogens is 709 g/mol. The Morgan fingerprint density at radius 2 is 0.879 bits per heavy atom. The lowest BCUT2D eigenvalue weighted by Gasteiger charge is -2.38. The minimum Gasteiger partial charge on any atom is -0.455 e. The molecule has 0 atom stereocenters. The third-order valence-electron chi connectivity index (χ3n) is 12.5. The van der Waals surface area contributed by atoms with Crippen molar-refractivity contribution in [3.05, 3.63) is 217 Å². The molecule has 58 heavy (non-hydrogen) atoms. The number of hydrogen-bond donors (Lipinski definition) is 0. The summed E-state index contributed by atoms with van der Waals surface area (Å²) in [6.07, 6.45) is 3.74. The third-order valence-corrected chi connectivity index (χ3v) is 12.5. The Balaban J connectivity index is 1.36. The van der Waals surface area contributed by atoms with Crippen molar-refractivity contribution in [2.45, 2.75) is 5.41 Å². The number of fused-ring (bicyclic) bond motifs is 10. The van der Waals surface area contributed by atoms with Crippen LogP contribution in [0, 0.1) is 0 Å². The summed E-state index contributed by atoms with van der Waals surface area (Å²) in [5.74, 6) is 1.72. The summed E-state index contributed by atoms with van der Waals surface area (Å²) in [7, 11) is 0. The summed E-state index contributed by atoms with van der Waals surface area (Å²) in [5.41, 5.74) is 12.3. The number of hydrogen-bond acceptors (Lipinski definition) is 3. The monoisotopic (exact) mass is 740 g/mol. The minimum atomic E-state index is -0.740. The molecule has 7 aromatic carbocycles. The van der Waals surface area contributed by atoms with Crippen LogP contribution in [0.2, 0.25) is 0 Å². The average molecular weight is 741 g/mol.